The summed E-state index contributed by atoms with van der Waals surface area (Å²) in [7, 11) is 1.21. The summed E-state index contributed by atoms with van der Waals surface area (Å²) in [6, 6.07) is 15.2. The summed E-state index contributed by atoms with van der Waals surface area (Å²) < 4.78 is 9.24. The summed E-state index contributed by atoms with van der Waals surface area (Å²) in [4.78, 5) is 11.0. The molecular formula is C14H11NO3. The molecule has 0 bridgehead atoms. The SMILES string of the molecule is COC(=O)OC(C#N)c1ccc2ccccc2c1. The highest BCUT2D eigenvalue weighted by molar-refractivity contribution is 5.83. The average Bonchev–Trinajstić information content (AvgIpc) is 2.44. The highest BCUT2D eigenvalue weighted by Gasteiger charge is 2.16. The lowest BCUT2D eigenvalue weighted by Crippen LogP contribution is -2.09. The summed E-state index contributed by atoms with van der Waals surface area (Å²) in [5, 5.41) is 11.1. The zero-order valence-electron chi connectivity index (χ0n) is 9.79. The van der Waals surface area contributed by atoms with Crippen LogP contribution < -0.4 is 0 Å². The van der Waals surface area contributed by atoms with Crippen molar-refractivity contribution in [2.75, 3.05) is 7.11 Å². The topological polar surface area (TPSA) is 59.3 Å². The normalized spacial score (nSPS) is 11.6. The van der Waals surface area contributed by atoms with Crippen LogP contribution >= 0.6 is 0 Å². The maximum atomic E-state index is 11.0. The Hall–Kier alpha value is -2.54. The Bertz CT molecular complexity index is 616. The molecule has 4 nitrogen and oxygen atoms in total. The lowest BCUT2D eigenvalue weighted by Gasteiger charge is -2.10. The number of rotatable bonds is 2. The van der Waals surface area contributed by atoms with Crippen LogP contribution in [-0.2, 0) is 9.47 Å². The number of carbonyl (C=O) groups is 1. The molecule has 0 aromatic heterocycles. The standard InChI is InChI=1S/C14H11NO3/c1-17-14(16)18-13(9-15)12-7-6-10-4-2-3-5-11(10)8-12/h2-8,13H,1H3. The fourth-order valence-electron chi connectivity index (χ4n) is 1.68. The molecule has 0 saturated heterocycles. The van der Waals surface area contributed by atoms with Crippen LogP contribution in [0.1, 0.15) is 11.7 Å². The highest BCUT2D eigenvalue weighted by Crippen LogP contribution is 2.22. The van der Waals surface area contributed by atoms with Gasteiger partial charge in [-0.05, 0) is 16.8 Å². The molecule has 0 N–H and O–H groups in total. The van der Waals surface area contributed by atoms with Gasteiger partial charge in [-0.25, -0.2) is 4.79 Å². The third kappa shape index (κ3) is 2.41. The van der Waals surface area contributed by atoms with Gasteiger partial charge in [0.25, 0.3) is 0 Å². The summed E-state index contributed by atoms with van der Waals surface area (Å²) >= 11 is 0. The maximum absolute atomic E-state index is 11.0. The number of hydrogen-bond donors (Lipinski definition) is 0. The largest absolute Gasteiger partial charge is 0.509 e. The van der Waals surface area contributed by atoms with Crippen molar-refractivity contribution < 1.29 is 14.3 Å². The van der Waals surface area contributed by atoms with Gasteiger partial charge in [0, 0.05) is 5.56 Å². The average molecular weight is 241 g/mol. The number of nitrogens with zero attached hydrogens (tertiary/aromatic N) is 1. The zero-order chi connectivity index (χ0) is 13.0. The Labute approximate surface area is 104 Å². The smallest absolute Gasteiger partial charge is 0.438 e. The highest BCUT2D eigenvalue weighted by atomic mass is 16.7. The van der Waals surface area contributed by atoms with Crippen LogP contribution in [0.5, 0.6) is 0 Å². The van der Waals surface area contributed by atoms with E-state index < -0.39 is 12.3 Å². The second-order valence-electron chi connectivity index (χ2n) is 3.69. The number of fused-ring (bicyclic) bond motifs is 1. The van der Waals surface area contributed by atoms with E-state index in [1.54, 1.807) is 6.07 Å². The number of methoxy groups -OCH3 is 1. The predicted molar refractivity (Wildman–Crippen MR) is 65.8 cm³/mol. The van der Waals surface area contributed by atoms with Crippen molar-refractivity contribution in [3.63, 3.8) is 0 Å². The molecule has 2 rings (SSSR count). The molecule has 4 heteroatoms. The van der Waals surface area contributed by atoms with Gasteiger partial charge >= 0.3 is 6.16 Å². The fraction of sp³-hybridized carbons (Fsp3) is 0.143. The van der Waals surface area contributed by atoms with E-state index in [4.69, 9.17) is 10.00 Å². The van der Waals surface area contributed by atoms with Crippen LogP contribution in [0.15, 0.2) is 42.5 Å². The first kappa shape index (κ1) is 11.9. The Kier molecular flexibility index (Phi) is 3.44. The lowest BCUT2D eigenvalue weighted by molar-refractivity contribution is 0.0544. The minimum Gasteiger partial charge on any atom is -0.438 e. The molecule has 0 aliphatic heterocycles. The molecule has 0 aliphatic carbocycles. The molecule has 2 aromatic rings. The zero-order valence-corrected chi connectivity index (χ0v) is 9.79. The van der Waals surface area contributed by atoms with Crippen LogP contribution in [-0.4, -0.2) is 13.3 Å². The van der Waals surface area contributed by atoms with E-state index in [0.29, 0.717) is 5.56 Å². The summed E-state index contributed by atoms with van der Waals surface area (Å²) in [6.45, 7) is 0. The first-order chi connectivity index (χ1) is 8.74. The van der Waals surface area contributed by atoms with Gasteiger partial charge in [0.2, 0.25) is 6.10 Å². The summed E-state index contributed by atoms with van der Waals surface area (Å²) in [6.07, 6.45) is -1.82. The van der Waals surface area contributed by atoms with Crippen molar-refractivity contribution in [1.82, 2.24) is 0 Å². The first-order valence-corrected chi connectivity index (χ1v) is 5.37. The minimum atomic E-state index is -0.956. The van der Waals surface area contributed by atoms with E-state index in [0.717, 1.165) is 10.8 Å². The minimum absolute atomic E-state index is 0.626. The van der Waals surface area contributed by atoms with E-state index in [-0.39, 0.29) is 0 Å². The van der Waals surface area contributed by atoms with Crippen molar-refractivity contribution in [3.8, 4) is 6.07 Å². The first-order valence-electron chi connectivity index (χ1n) is 5.37. The molecule has 0 fully saturated rings. The molecule has 18 heavy (non-hydrogen) atoms. The summed E-state index contributed by atoms with van der Waals surface area (Å²) in [5.41, 5.74) is 0.626. The summed E-state index contributed by atoms with van der Waals surface area (Å²) in [5.74, 6) is 0. The molecule has 0 heterocycles. The second kappa shape index (κ2) is 5.19. The fourth-order valence-corrected chi connectivity index (χ4v) is 1.68. The Morgan fingerprint density at radius 3 is 2.61 bits per heavy atom. The molecular weight excluding hydrogens is 230 g/mol. The van der Waals surface area contributed by atoms with Crippen LogP contribution in [0.25, 0.3) is 10.8 Å². The van der Waals surface area contributed by atoms with Crippen molar-refractivity contribution in [2.45, 2.75) is 6.10 Å². The molecule has 2 aromatic carbocycles. The number of benzene rings is 2. The van der Waals surface area contributed by atoms with Crippen molar-refractivity contribution in [3.05, 3.63) is 48.0 Å². The molecule has 0 saturated carbocycles. The van der Waals surface area contributed by atoms with Crippen molar-refractivity contribution in [1.29, 1.82) is 5.26 Å². The van der Waals surface area contributed by atoms with Crippen molar-refractivity contribution >= 4 is 16.9 Å². The van der Waals surface area contributed by atoms with Gasteiger partial charge in [-0.2, -0.15) is 5.26 Å². The van der Waals surface area contributed by atoms with Crippen LogP contribution in [0.3, 0.4) is 0 Å². The molecule has 90 valence electrons. The number of ether oxygens (including phenoxy) is 2. The second-order valence-corrected chi connectivity index (χ2v) is 3.69. The Morgan fingerprint density at radius 2 is 1.94 bits per heavy atom. The Morgan fingerprint density at radius 1 is 1.22 bits per heavy atom. The van der Waals surface area contributed by atoms with Gasteiger partial charge in [-0.15, -0.1) is 0 Å². The van der Waals surface area contributed by atoms with E-state index in [2.05, 4.69) is 4.74 Å². The van der Waals surface area contributed by atoms with Gasteiger partial charge in [-0.3, -0.25) is 0 Å². The van der Waals surface area contributed by atoms with E-state index in [1.165, 1.54) is 7.11 Å². The number of nitriles is 1. The van der Waals surface area contributed by atoms with Crippen LogP contribution in [0, 0.1) is 11.3 Å². The maximum Gasteiger partial charge on any atom is 0.509 e. The van der Waals surface area contributed by atoms with Gasteiger partial charge in [0.05, 0.1) is 7.11 Å². The van der Waals surface area contributed by atoms with Crippen molar-refractivity contribution in [2.24, 2.45) is 0 Å². The number of hydrogen-bond acceptors (Lipinski definition) is 4. The van der Waals surface area contributed by atoms with Crippen LogP contribution in [0.2, 0.25) is 0 Å². The van der Waals surface area contributed by atoms with Crippen LogP contribution in [0.4, 0.5) is 4.79 Å². The van der Waals surface area contributed by atoms with E-state index >= 15 is 0 Å². The predicted octanol–water partition coefficient (Wildman–Crippen LogP) is 3.19. The molecule has 1 unspecified atom stereocenters. The molecule has 0 radical (unpaired) electrons. The molecule has 0 spiro atoms. The van der Waals surface area contributed by atoms with Gasteiger partial charge in [0.1, 0.15) is 6.07 Å². The Balaban J connectivity index is 2.34. The quantitative estimate of drug-likeness (QED) is 0.757. The van der Waals surface area contributed by atoms with E-state index in [9.17, 15) is 4.79 Å². The monoisotopic (exact) mass is 241 g/mol. The molecule has 1 atom stereocenters. The van der Waals surface area contributed by atoms with Gasteiger partial charge in [0.15, 0.2) is 0 Å². The molecule has 0 amide bonds. The lowest BCUT2D eigenvalue weighted by atomic mass is 10.0. The van der Waals surface area contributed by atoms with E-state index in [1.807, 2.05) is 42.5 Å². The van der Waals surface area contributed by atoms with Gasteiger partial charge in [-0.1, -0.05) is 36.4 Å². The number of carbonyl (C=O) groups excluding carboxylic acids is 1. The third-order valence-corrected chi connectivity index (χ3v) is 2.57. The van der Waals surface area contributed by atoms with Gasteiger partial charge < -0.3 is 9.47 Å². The third-order valence-electron chi connectivity index (χ3n) is 2.57. The molecule has 0 aliphatic rings.